The Balaban J connectivity index is 1.57. The Kier molecular flexibility index (Phi) is 9.35. The fraction of sp³-hybridized carbons (Fsp3) is 0.538. The van der Waals surface area contributed by atoms with Gasteiger partial charge in [0.2, 0.25) is 5.91 Å². The van der Waals surface area contributed by atoms with Crippen LogP contribution in [-0.2, 0) is 4.79 Å². The summed E-state index contributed by atoms with van der Waals surface area (Å²) in [6, 6.07) is 12.4. The number of hydrogen-bond donors (Lipinski definition) is 3. The van der Waals surface area contributed by atoms with Crippen LogP contribution >= 0.6 is 0 Å². The van der Waals surface area contributed by atoms with Gasteiger partial charge in [-0.15, -0.1) is 0 Å². The van der Waals surface area contributed by atoms with Crippen molar-refractivity contribution < 1.29 is 14.7 Å². The molecule has 1 fully saturated rings. The zero-order chi connectivity index (χ0) is 21.9. The third-order valence-electron chi connectivity index (χ3n) is 6.27. The van der Waals surface area contributed by atoms with Gasteiger partial charge in [0.25, 0.3) is 5.91 Å². The number of fused-ring (bicyclic) bond motifs is 1. The minimum Gasteiger partial charge on any atom is -0.394 e. The quantitative estimate of drug-likeness (QED) is 0.650. The Hall–Kier alpha value is -2.40. The van der Waals surface area contributed by atoms with Crippen molar-refractivity contribution in [3.8, 4) is 0 Å². The number of aliphatic hydroxyl groups is 1. The minimum atomic E-state index is -0.944. The first-order valence-electron chi connectivity index (χ1n) is 11.9. The second-order valence-electron chi connectivity index (χ2n) is 8.74. The molecule has 31 heavy (non-hydrogen) atoms. The van der Waals surface area contributed by atoms with Crippen molar-refractivity contribution in [1.82, 2.24) is 10.6 Å². The van der Waals surface area contributed by atoms with Crippen LogP contribution in [0.15, 0.2) is 42.5 Å². The van der Waals surface area contributed by atoms with Crippen molar-refractivity contribution in [2.75, 3.05) is 6.61 Å². The summed E-state index contributed by atoms with van der Waals surface area (Å²) in [4.78, 5) is 25.5. The van der Waals surface area contributed by atoms with Gasteiger partial charge in [-0.3, -0.25) is 9.59 Å². The molecule has 2 aromatic rings. The molecule has 0 radical (unpaired) electrons. The van der Waals surface area contributed by atoms with Crippen LogP contribution in [0, 0.1) is 0 Å². The van der Waals surface area contributed by atoms with Crippen LogP contribution in [-0.4, -0.2) is 35.6 Å². The van der Waals surface area contributed by atoms with Gasteiger partial charge in [-0.2, -0.15) is 0 Å². The topological polar surface area (TPSA) is 78.4 Å². The molecule has 0 saturated heterocycles. The summed E-state index contributed by atoms with van der Waals surface area (Å²) in [5.41, 5.74) is 0.482. The molecule has 1 aliphatic rings. The monoisotopic (exact) mass is 424 g/mol. The molecule has 0 aliphatic heterocycles. The summed E-state index contributed by atoms with van der Waals surface area (Å²) < 4.78 is 0. The van der Waals surface area contributed by atoms with Crippen molar-refractivity contribution in [2.45, 2.75) is 82.7 Å². The lowest BCUT2D eigenvalue weighted by Gasteiger charge is -2.23. The predicted octanol–water partition coefficient (Wildman–Crippen LogP) is 4.72. The number of nitrogens with one attached hydrogen (secondary N) is 2. The van der Waals surface area contributed by atoms with E-state index in [-0.39, 0.29) is 17.9 Å². The summed E-state index contributed by atoms with van der Waals surface area (Å²) >= 11 is 0. The maximum atomic E-state index is 12.8. The number of benzene rings is 2. The first-order valence-corrected chi connectivity index (χ1v) is 11.9. The van der Waals surface area contributed by atoms with Gasteiger partial charge in [-0.25, -0.2) is 0 Å². The third kappa shape index (κ3) is 7.35. The van der Waals surface area contributed by atoms with Crippen molar-refractivity contribution in [2.24, 2.45) is 0 Å². The lowest BCUT2D eigenvalue weighted by molar-refractivity contribution is -0.124. The standard InChI is InChI=1S/C26H36N2O3/c29-19-24(28-25(30)22-17-16-20-12-10-11-13-21(20)18-22)26(31)27-23-14-8-6-4-2-1-3-5-7-9-15-23/h10-13,16-18,23-24,29H,1-9,14-15,19H2,(H,27,31)(H,28,30). The van der Waals surface area contributed by atoms with Gasteiger partial charge in [0.1, 0.15) is 6.04 Å². The van der Waals surface area contributed by atoms with E-state index in [2.05, 4.69) is 10.6 Å². The number of hydrogen-bond acceptors (Lipinski definition) is 3. The van der Waals surface area contributed by atoms with E-state index < -0.39 is 12.6 Å². The zero-order valence-corrected chi connectivity index (χ0v) is 18.4. The van der Waals surface area contributed by atoms with E-state index in [0.717, 1.165) is 36.5 Å². The smallest absolute Gasteiger partial charge is 0.252 e. The summed E-state index contributed by atoms with van der Waals surface area (Å²) in [6.45, 7) is -0.419. The summed E-state index contributed by atoms with van der Waals surface area (Å²) in [6.07, 6.45) is 13.0. The van der Waals surface area contributed by atoms with Crippen molar-refractivity contribution in [1.29, 1.82) is 0 Å². The molecule has 1 unspecified atom stereocenters. The van der Waals surface area contributed by atoms with Crippen molar-refractivity contribution in [3.63, 3.8) is 0 Å². The number of amides is 2. The van der Waals surface area contributed by atoms with Crippen LogP contribution in [0.25, 0.3) is 10.8 Å². The van der Waals surface area contributed by atoms with E-state index in [9.17, 15) is 14.7 Å². The molecular formula is C26H36N2O3. The van der Waals surface area contributed by atoms with Crippen molar-refractivity contribution in [3.05, 3.63) is 48.0 Å². The van der Waals surface area contributed by atoms with Gasteiger partial charge < -0.3 is 15.7 Å². The van der Waals surface area contributed by atoms with E-state index in [0.29, 0.717) is 5.56 Å². The molecule has 5 heteroatoms. The van der Waals surface area contributed by atoms with Gasteiger partial charge in [0.15, 0.2) is 0 Å². The lowest BCUT2D eigenvalue weighted by Crippen LogP contribution is -2.51. The van der Waals surface area contributed by atoms with Crippen LogP contribution in [0.5, 0.6) is 0 Å². The number of aliphatic hydroxyl groups excluding tert-OH is 1. The van der Waals surface area contributed by atoms with Crippen LogP contribution in [0.4, 0.5) is 0 Å². The van der Waals surface area contributed by atoms with Gasteiger partial charge in [-0.1, -0.05) is 88.1 Å². The van der Waals surface area contributed by atoms with Gasteiger partial charge in [0.05, 0.1) is 6.61 Å². The van der Waals surface area contributed by atoms with Gasteiger partial charge >= 0.3 is 0 Å². The molecule has 0 heterocycles. The zero-order valence-electron chi connectivity index (χ0n) is 18.4. The molecule has 3 N–H and O–H groups in total. The van der Waals surface area contributed by atoms with E-state index >= 15 is 0 Å². The molecule has 1 saturated carbocycles. The van der Waals surface area contributed by atoms with Crippen LogP contribution in [0.1, 0.15) is 81.0 Å². The fourth-order valence-corrected chi connectivity index (χ4v) is 4.38. The number of rotatable bonds is 5. The van der Waals surface area contributed by atoms with E-state index in [1.54, 1.807) is 6.07 Å². The molecule has 5 nitrogen and oxygen atoms in total. The number of carbonyl (C=O) groups is 2. The highest BCUT2D eigenvalue weighted by molar-refractivity contribution is 6.00. The number of carbonyl (C=O) groups excluding carboxylic acids is 2. The fourth-order valence-electron chi connectivity index (χ4n) is 4.38. The molecule has 0 bridgehead atoms. The van der Waals surface area contributed by atoms with E-state index in [4.69, 9.17) is 0 Å². The lowest BCUT2D eigenvalue weighted by atomic mass is 9.97. The maximum Gasteiger partial charge on any atom is 0.252 e. The summed E-state index contributed by atoms with van der Waals surface area (Å²) in [7, 11) is 0. The maximum absolute atomic E-state index is 12.8. The second-order valence-corrected chi connectivity index (χ2v) is 8.74. The minimum absolute atomic E-state index is 0.110. The Bertz CT molecular complexity index is 839. The predicted molar refractivity (Wildman–Crippen MR) is 125 cm³/mol. The molecule has 2 aromatic carbocycles. The Morgan fingerprint density at radius 1 is 0.839 bits per heavy atom. The highest BCUT2D eigenvalue weighted by Crippen LogP contribution is 2.18. The largest absolute Gasteiger partial charge is 0.394 e. The van der Waals surface area contributed by atoms with Crippen molar-refractivity contribution >= 4 is 22.6 Å². The molecule has 3 rings (SSSR count). The normalized spacial score (nSPS) is 17.8. The third-order valence-corrected chi connectivity index (χ3v) is 6.27. The highest BCUT2D eigenvalue weighted by Gasteiger charge is 2.23. The summed E-state index contributed by atoms with van der Waals surface area (Å²) in [5.74, 6) is -0.646. The average Bonchev–Trinajstić information content (AvgIpc) is 2.78. The first-order chi connectivity index (χ1) is 15.2. The average molecular weight is 425 g/mol. The first kappa shape index (κ1) is 23.3. The SMILES string of the molecule is O=C(NC(CO)C(=O)NC1CCCCCCCCCCC1)c1ccc2ccccc2c1. The molecule has 2 amide bonds. The second kappa shape index (κ2) is 12.5. The molecule has 1 atom stereocenters. The van der Waals surface area contributed by atoms with E-state index in [1.807, 2.05) is 36.4 Å². The molecule has 1 aliphatic carbocycles. The van der Waals surface area contributed by atoms with Crippen LogP contribution in [0.3, 0.4) is 0 Å². The highest BCUT2D eigenvalue weighted by atomic mass is 16.3. The summed E-state index contributed by atoms with van der Waals surface area (Å²) in [5, 5.41) is 17.6. The van der Waals surface area contributed by atoms with Crippen LogP contribution < -0.4 is 10.6 Å². The molecular weight excluding hydrogens is 388 g/mol. The van der Waals surface area contributed by atoms with Crippen LogP contribution in [0.2, 0.25) is 0 Å². The Labute approximate surface area is 185 Å². The molecule has 168 valence electrons. The molecule has 0 spiro atoms. The molecule has 0 aromatic heterocycles. The van der Waals surface area contributed by atoms with Gasteiger partial charge in [0, 0.05) is 11.6 Å². The van der Waals surface area contributed by atoms with Gasteiger partial charge in [-0.05, 0) is 35.7 Å². The Morgan fingerprint density at radius 3 is 2.03 bits per heavy atom. The van der Waals surface area contributed by atoms with E-state index in [1.165, 1.54) is 44.9 Å². The Morgan fingerprint density at radius 2 is 1.42 bits per heavy atom.